The molecule has 2 saturated heterocycles. The third-order valence-electron chi connectivity index (χ3n) is 7.05. The van der Waals surface area contributed by atoms with Crippen LogP contribution in [-0.2, 0) is 20.9 Å². The lowest BCUT2D eigenvalue weighted by molar-refractivity contribution is -0.147. The van der Waals surface area contributed by atoms with Crippen LogP contribution in [0.3, 0.4) is 0 Å². The molecule has 0 spiro atoms. The highest BCUT2D eigenvalue weighted by atomic mass is 16.2. The van der Waals surface area contributed by atoms with E-state index in [2.05, 4.69) is 29.2 Å². The standard InChI is InChI=1S/C23H27N3O3/c27-19(15-26-22(28)20-17-7-8-18(13-17)21(20)23(26)29)25-10-4-9-24(11-12-25)14-16-5-2-1-3-6-16/h1-3,5-8,17-18,20-21H,4,9-15H2. The number of nitrogens with zero attached hydrogens (tertiary/aromatic N) is 3. The second-order valence-corrected chi connectivity index (χ2v) is 8.76. The number of imide groups is 1. The summed E-state index contributed by atoms with van der Waals surface area (Å²) in [6.07, 6.45) is 5.98. The van der Waals surface area contributed by atoms with Gasteiger partial charge in [0.1, 0.15) is 6.54 Å². The van der Waals surface area contributed by atoms with Crippen molar-refractivity contribution < 1.29 is 14.4 Å². The molecule has 0 radical (unpaired) electrons. The van der Waals surface area contributed by atoms with Gasteiger partial charge >= 0.3 is 0 Å². The molecule has 3 fully saturated rings. The molecule has 6 heteroatoms. The molecule has 5 rings (SSSR count). The summed E-state index contributed by atoms with van der Waals surface area (Å²) in [5.41, 5.74) is 1.27. The number of likely N-dealkylation sites (tertiary alicyclic amines) is 1. The first-order valence-electron chi connectivity index (χ1n) is 10.7. The Morgan fingerprint density at radius 3 is 2.28 bits per heavy atom. The van der Waals surface area contributed by atoms with Crippen molar-refractivity contribution in [1.82, 2.24) is 14.7 Å². The summed E-state index contributed by atoms with van der Waals surface area (Å²) in [6, 6.07) is 10.4. The van der Waals surface area contributed by atoms with Crippen LogP contribution in [0.25, 0.3) is 0 Å². The van der Waals surface area contributed by atoms with Crippen LogP contribution in [0.15, 0.2) is 42.5 Å². The molecule has 6 nitrogen and oxygen atoms in total. The summed E-state index contributed by atoms with van der Waals surface area (Å²) in [6.45, 7) is 3.86. The number of hydrogen-bond acceptors (Lipinski definition) is 4. The number of hydrogen-bond donors (Lipinski definition) is 0. The Morgan fingerprint density at radius 2 is 1.59 bits per heavy atom. The predicted molar refractivity (Wildman–Crippen MR) is 107 cm³/mol. The third-order valence-corrected chi connectivity index (χ3v) is 7.05. The fourth-order valence-corrected chi connectivity index (χ4v) is 5.58. The molecule has 3 amide bonds. The molecule has 2 aliphatic carbocycles. The molecule has 2 aliphatic heterocycles. The molecule has 152 valence electrons. The smallest absolute Gasteiger partial charge is 0.242 e. The van der Waals surface area contributed by atoms with Crippen LogP contribution in [0.2, 0.25) is 0 Å². The number of benzene rings is 1. The van der Waals surface area contributed by atoms with E-state index in [0.29, 0.717) is 13.1 Å². The van der Waals surface area contributed by atoms with Gasteiger partial charge in [-0.2, -0.15) is 0 Å². The number of carbonyl (C=O) groups is 3. The monoisotopic (exact) mass is 393 g/mol. The highest BCUT2D eigenvalue weighted by Crippen LogP contribution is 2.52. The van der Waals surface area contributed by atoms with E-state index in [1.807, 2.05) is 23.1 Å². The van der Waals surface area contributed by atoms with Crippen molar-refractivity contribution in [1.29, 1.82) is 0 Å². The molecule has 29 heavy (non-hydrogen) atoms. The van der Waals surface area contributed by atoms with Crippen molar-refractivity contribution in [3.05, 3.63) is 48.0 Å². The fourth-order valence-electron chi connectivity index (χ4n) is 5.58. The Kier molecular flexibility index (Phi) is 4.74. The molecule has 1 aromatic carbocycles. The van der Waals surface area contributed by atoms with Crippen molar-refractivity contribution in [2.75, 3.05) is 32.7 Å². The SMILES string of the molecule is O=C(CN1C(=O)C2C3C=CC(C3)C2C1=O)N1CCCN(Cc2ccccc2)CC1. The Balaban J connectivity index is 1.19. The summed E-state index contributed by atoms with van der Waals surface area (Å²) in [5.74, 6) is -0.450. The average molecular weight is 393 g/mol. The van der Waals surface area contributed by atoms with Gasteiger partial charge in [0.05, 0.1) is 11.8 Å². The summed E-state index contributed by atoms with van der Waals surface area (Å²) >= 11 is 0. The lowest BCUT2D eigenvalue weighted by Crippen LogP contribution is -2.45. The van der Waals surface area contributed by atoms with Crippen molar-refractivity contribution in [3.8, 4) is 0 Å². The third kappa shape index (κ3) is 3.29. The highest BCUT2D eigenvalue weighted by Gasteiger charge is 2.59. The van der Waals surface area contributed by atoms with Crippen LogP contribution in [0.5, 0.6) is 0 Å². The molecule has 4 atom stereocenters. The van der Waals surface area contributed by atoms with E-state index >= 15 is 0 Å². The predicted octanol–water partition coefficient (Wildman–Crippen LogP) is 1.53. The molecule has 1 saturated carbocycles. The zero-order valence-electron chi connectivity index (χ0n) is 16.6. The minimum Gasteiger partial charge on any atom is -0.340 e. The minimum absolute atomic E-state index is 0.0945. The van der Waals surface area contributed by atoms with E-state index in [0.717, 1.165) is 32.5 Å². The van der Waals surface area contributed by atoms with Gasteiger partial charge in [0, 0.05) is 32.7 Å². The molecular formula is C23H27N3O3. The maximum Gasteiger partial charge on any atom is 0.242 e. The molecule has 4 aliphatic rings. The van der Waals surface area contributed by atoms with Crippen LogP contribution >= 0.6 is 0 Å². The lowest BCUT2D eigenvalue weighted by atomic mass is 9.85. The van der Waals surface area contributed by atoms with Crippen LogP contribution in [-0.4, -0.2) is 65.1 Å². The topological polar surface area (TPSA) is 60.9 Å². The number of amides is 3. The first-order chi connectivity index (χ1) is 14.1. The number of rotatable bonds is 4. The number of carbonyl (C=O) groups excluding carboxylic acids is 3. The van der Waals surface area contributed by atoms with Gasteiger partial charge in [0.2, 0.25) is 17.7 Å². The maximum absolute atomic E-state index is 12.9. The second-order valence-electron chi connectivity index (χ2n) is 8.76. The van der Waals surface area contributed by atoms with Crippen molar-refractivity contribution >= 4 is 17.7 Å². The maximum atomic E-state index is 12.9. The molecule has 2 bridgehead atoms. The molecule has 2 heterocycles. The van der Waals surface area contributed by atoms with Crippen LogP contribution in [0.1, 0.15) is 18.4 Å². The first kappa shape index (κ1) is 18.6. The molecule has 1 aromatic rings. The van der Waals surface area contributed by atoms with Gasteiger partial charge in [-0.1, -0.05) is 42.5 Å². The Bertz CT molecular complexity index is 822. The van der Waals surface area contributed by atoms with E-state index < -0.39 is 0 Å². The van der Waals surface area contributed by atoms with Gasteiger partial charge in [0.15, 0.2) is 0 Å². The molecule has 0 aromatic heterocycles. The lowest BCUT2D eigenvalue weighted by Gasteiger charge is -2.24. The summed E-state index contributed by atoms with van der Waals surface area (Å²) in [4.78, 5) is 44.0. The van der Waals surface area contributed by atoms with Crippen LogP contribution in [0.4, 0.5) is 0 Å². The van der Waals surface area contributed by atoms with Gasteiger partial charge in [-0.05, 0) is 30.2 Å². The fraction of sp³-hybridized carbons (Fsp3) is 0.522. The zero-order chi connectivity index (χ0) is 20.0. The van der Waals surface area contributed by atoms with Gasteiger partial charge in [-0.15, -0.1) is 0 Å². The normalized spacial score (nSPS) is 31.4. The Hall–Kier alpha value is -2.47. The van der Waals surface area contributed by atoms with E-state index in [1.54, 1.807) is 0 Å². The van der Waals surface area contributed by atoms with Gasteiger partial charge < -0.3 is 4.90 Å². The van der Waals surface area contributed by atoms with Crippen molar-refractivity contribution in [2.45, 2.75) is 19.4 Å². The summed E-state index contributed by atoms with van der Waals surface area (Å²) in [5, 5.41) is 0. The molecule has 4 unspecified atom stereocenters. The second kappa shape index (κ2) is 7.41. The molecule has 0 N–H and O–H groups in total. The number of fused-ring (bicyclic) bond motifs is 5. The van der Waals surface area contributed by atoms with E-state index in [-0.39, 0.29) is 47.9 Å². The van der Waals surface area contributed by atoms with Gasteiger partial charge in [-0.3, -0.25) is 24.2 Å². The van der Waals surface area contributed by atoms with E-state index in [1.165, 1.54) is 10.5 Å². The van der Waals surface area contributed by atoms with Crippen LogP contribution in [0, 0.1) is 23.7 Å². The van der Waals surface area contributed by atoms with E-state index in [4.69, 9.17) is 0 Å². The summed E-state index contributed by atoms with van der Waals surface area (Å²) < 4.78 is 0. The van der Waals surface area contributed by atoms with Crippen LogP contribution < -0.4 is 0 Å². The highest BCUT2D eigenvalue weighted by molar-refractivity contribution is 6.08. The van der Waals surface area contributed by atoms with Crippen molar-refractivity contribution in [2.24, 2.45) is 23.7 Å². The molecular weight excluding hydrogens is 366 g/mol. The zero-order valence-corrected chi connectivity index (χ0v) is 16.6. The van der Waals surface area contributed by atoms with E-state index in [9.17, 15) is 14.4 Å². The Morgan fingerprint density at radius 1 is 0.897 bits per heavy atom. The minimum atomic E-state index is -0.226. The van der Waals surface area contributed by atoms with Gasteiger partial charge in [-0.25, -0.2) is 0 Å². The summed E-state index contributed by atoms with van der Waals surface area (Å²) in [7, 11) is 0. The van der Waals surface area contributed by atoms with Crippen molar-refractivity contribution in [3.63, 3.8) is 0 Å². The quantitative estimate of drug-likeness (QED) is 0.575. The average Bonchev–Trinajstić information content (AvgIpc) is 3.34. The van der Waals surface area contributed by atoms with Gasteiger partial charge in [0.25, 0.3) is 0 Å². The Labute approximate surface area is 171 Å². The number of allylic oxidation sites excluding steroid dienone is 2. The first-order valence-corrected chi connectivity index (χ1v) is 10.7. The largest absolute Gasteiger partial charge is 0.340 e.